The van der Waals surface area contributed by atoms with Crippen LogP contribution in [0.4, 0.5) is 5.69 Å². The maximum atomic E-state index is 12.8. The number of halogens is 2. The Morgan fingerprint density at radius 2 is 1.85 bits per heavy atom. The molecule has 1 amide bonds. The Morgan fingerprint density at radius 3 is 2.48 bits per heavy atom. The molecule has 1 aromatic heterocycles. The van der Waals surface area contributed by atoms with Crippen LogP contribution in [0.15, 0.2) is 53.0 Å². The zero-order valence-corrected chi connectivity index (χ0v) is 17.1. The molecule has 3 rings (SSSR count). The van der Waals surface area contributed by atoms with Crippen LogP contribution in [0.2, 0.25) is 5.02 Å². The van der Waals surface area contributed by atoms with Crippen LogP contribution in [0.5, 0.6) is 0 Å². The Morgan fingerprint density at radius 1 is 1.15 bits per heavy atom. The molecule has 0 saturated carbocycles. The van der Waals surface area contributed by atoms with Crippen molar-refractivity contribution in [1.82, 2.24) is 9.78 Å². The summed E-state index contributed by atoms with van der Waals surface area (Å²) in [6.07, 6.45) is 0. The van der Waals surface area contributed by atoms with Crippen molar-refractivity contribution in [3.63, 3.8) is 0 Å². The summed E-state index contributed by atoms with van der Waals surface area (Å²) in [5.74, 6) is -0.486. The Labute approximate surface area is 170 Å². The zero-order valence-electron chi connectivity index (χ0n) is 14.8. The first-order valence-electron chi connectivity index (χ1n) is 8.25. The lowest BCUT2D eigenvalue weighted by Gasteiger charge is -2.12. The number of nitrogens with one attached hydrogen (secondary N) is 1. The fraction of sp³-hybridized carbons (Fsp3) is 0.150. The second-order valence-electron chi connectivity index (χ2n) is 6.08. The molecule has 7 heteroatoms. The summed E-state index contributed by atoms with van der Waals surface area (Å²) < 4.78 is 2.49. The smallest absolute Gasteiger partial charge is 0.246 e. The molecular weight excluding hydrogens is 430 g/mol. The van der Waals surface area contributed by atoms with Crippen molar-refractivity contribution in [3.05, 3.63) is 80.5 Å². The highest BCUT2D eigenvalue weighted by atomic mass is 79.9. The van der Waals surface area contributed by atoms with Gasteiger partial charge < -0.3 is 5.32 Å². The topological polar surface area (TPSA) is 64.0 Å². The van der Waals surface area contributed by atoms with Gasteiger partial charge in [0, 0.05) is 16.1 Å². The predicted octanol–water partition coefficient (Wildman–Crippen LogP) is 4.79. The van der Waals surface area contributed by atoms with Gasteiger partial charge >= 0.3 is 0 Å². The third kappa shape index (κ3) is 4.28. The standard InChI is InChI=1S/C20H17BrClN3O2/c1-12-19(21)13(2)25(24-12)11-18(26)23-17-9-8-15(22)10-16(17)20(27)14-6-4-3-5-7-14/h3-10H,11H2,1-2H3,(H,23,26). The van der Waals surface area contributed by atoms with Gasteiger partial charge in [-0.25, -0.2) is 0 Å². The lowest BCUT2D eigenvalue weighted by Crippen LogP contribution is -2.21. The van der Waals surface area contributed by atoms with E-state index in [9.17, 15) is 9.59 Å². The molecule has 3 aromatic rings. The van der Waals surface area contributed by atoms with Gasteiger partial charge in [0.1, 0.15) is 6.54 Å². The molecule has 0 fully saturated rings. The van der Waals surface area contributed by atoms with Crippen LogP contribution >= 0.6 is 27.5 Å². The zero-order chi connectivity index (χ0) is 19.6. The van der Waals surface area contributed by atoms with Crippen LogP contribution in [0.25, 0.3) is 0 Å². The Balaban J connectivity index is 1.85. The highest BCUT2D eigenvalue weighted by Gasteiger charge is 2.17. The number of amides is 1. The summed E-state index contributed by atoms with van der Waals surface area (Å²) in [6.45, 7) is 3.78. The largest absolute Gasteiger partial charge is 0.324 e. The molecule has 0 aliphatic rings. The minimum Gasteiger partial charge on any atom is -0.324 e. The Hall–Kier alpha value is -2.44. The number of hydrogen-bond acceptors (Lipinski definition) is 3. The van der Waals surface area contributed by atoms with Crippen molar-refractivity contribution < 1.29 is 9.59 Å². The van der Waals surface area contributed by atoms with Gasteiger partial charge in [0.2, 0.25) is 5.91 Å². The molecule has 0 bridgehead atoms. The maximum absolute atomic E-state index is 12.8. The highest BCUT2D eigenvalue weighted by Crippen LogP contribution is 2.24. The van der Waals surface area contributed by atoms with Gasteiger partial charge in [-0.15, -0.1) is 0 Å². The van der Waals surface area contributed by atoms with Gasteiger partial charge in [-0.2, -0.15) is 5.10 Å². The number of carbonyl (C=O) groups excluding carboxylic acids is 2. The average Bonchev–Trinajstić information content (AvgIpc) is 2.90. The molecule has 1 N–H and O–H groups in total. The summed E-state index contributed by atoms with van der Waals surface area (Å²) in [4.78, 5) is 25.3. The van der Waals surface area contributed by atoms with E-state index < -0.39 is 0 Å². The minimum atomic E-state index is -0.280. The number of anilines is 1. The summed E-state index contributed by atoms with van der Waals surface area (Å²) in [5.41, 5.74) is 2.96. The number of rotatable bonds is 5. The number of nitrogens with zero attached hydrogens (tertiary/aromatic N) is 2. The molecule has 0 unspecified atom stereocenters. The second kappa shape index (κ2) is 8.06. The number of ketones is 1. The lowest BCUT2D eigenvalue weighted by atomic mass is 10.0. The van der Waals surface area contributed by atoms with Crippen LogP contribution in [-0.2, 0) is 11.3 Å². The van der Waals surface area contributed by atoms with Crippen LogP contribution < -0.4 is 5.32 Å². The van der Waals surface area contributed by atoms with Crippen molar-refractivity contribution >= 4 is 44.9 Å². The van der Waals surface area contributed by atoms with Crippen LogP contribution in [0, 0.1) is 13.8 Å². The van der Waals surface area contributed by atoms with Crippen molar-refractivity contribution in [3.8, 4) is 0 Å². The summed E-state index contributed by atoms with van der Waals surface area (Å²) >= 11 is 9.52. The molecule has 0 atom stereocenters. The Kier molecular flexibility index (Phi) is 5.77. The molecular formula is C20H17BrClN3O2. The fourth-order valence-corrected chi connectivity index (χ4v) is 3.17. The molecule has 5 nitrogen and oxygen atoms in total. The fourth-order valence-electron chi connectivity index (χ4n) is 2.71. The monoisotopic (exact) mass is 445 g/mol. The van der Waals surface area contributed by atoms with Gasteiger partial charge in [0.25, 0.3) is 0 Å². The molecule has 27 heavy (non-hydrogen) atoms. The van der Waals surface area contributed by atoms with E-state index in [2.05, 4.69) is 26.3 Å². The Bertz CT molecular complexity index is 1020. The quantitative estimate of drug-likeness (QED) is 0.573. The summed E-state index contributed by atoms with van der Waals surface area (Å²) in [7, 11) is 0. The van der Waals surface area contributed by atoms with E-state index in [1.54, 1.807) is 47.1 Å². The average molecular weight is 447 g/mol. The lowest BCUT2D eigenvalue weighted by molar-refractivity contribution is -0.116. The van der Waals surface area contributed by atoms with Crippen LogP contribution in [-0.4, -0.2) is 21.5 Å². The summed E-state index contributed by atoms with van der Waals surface area (Å²) in [5, 5.41) is 7.56. The molecule has 0 aliphatic carbocycles. The molecule has 1 heterocycles. The van der Waals surface area contributed by atoms with E-state index in [0.717, 1.165) is 15.9 Å². The van der Waals surface area contributed by atoms with E-state index in [0.29, 0.717) is 21.8 Å². The first-order chi connectivity index (χ1) is 12.9. The first-order valence-corrected chi connectivity index (χ1v) is 9.42. The van der Waals surface area contributed by atoms with E-state index in [1.165, 1.54) is 0 Å². The molecule has 0 spiro atoms. The second-order valence-corrected chi connectivity index (χ2v) is 7.31. The number of aromatic nitrogens is 2. The number of benzene rings is 2. The minimum absolute atomic E-state index is 0.0415. The van der Waals surface area contributed by atoms with E-state index in [4.69, 9.17) is 11.6 Å². The van der Waals surface area contributed by atoms with Gasteiger partial charge in [0.15, 0.2) is 5.78 Å². The summed E-state index contributed by atoms with van der Waals surface area (Å²) in [6, 6.07) is 13.7. The van der Waals surface area contributed by atoms with Gasteiger partial charge in [-0.1, -0.05) is 41.9 Å². The third-order valence-electron chi connectivity index (χ3n) is 4.12. The number of hydrogen-bond donors (Lipinski definition) is 1. The molecule has 2 aromatic carbocycles. The van der Waals surface area contributed by atoms with Gasteiger partial charge in [-0.3, -0.25) is 14.3 Å². The highest BCUT2D eigenvalue weighted by molar-refractivity contribution is 9.10. The SMILES string of the molecule is Cc1nn(CC(=O)Nc2ccc(Cl)cc2C(=O)c2ccccc2)c(C)c1Br. The normalized spacial score (nSPS) is 10.7. The van der Waals surface area contributed by atoms with Crippen molar-refractivity contribution in [2.75, 3.05) is 5.32 Å². The van der Waals surface area contributed by atoms with Crippen molar-refractivity contribution in [1.29, 1.82) is 0 Å². The first kappa shape index (κ1) is 19.3. The number of aryl methyl sites for hydroxylation is 1. The van der Waals surface area contributed by atoms with Crippen molar-refractivity contribution in [2.24, 2.45) is 0 Å². The molecule has 0 radical (unpaired) electrons. The van der Waals surface area contributed by atoms with Crippen molar-refractivity contribution in [2.45, 2.75) is 20.4 Å². The van der Waals surface area contributed by atoms with Gasteiger partial charge in [0.05, 0.1) is 21.5 Å². The molecule has 0 saturated heterocycles. The van der Waals surface area contributed by atoms with Crippen LogP contribution in [0.1, 0.15) is 27.3 Å². The van der Waals surface area contributed by atoms with Crippen LogP contribution in [0.3, 0.4) is 0 Å². The molecule has 0 aliphatic heterocycles. The van der Waals surface area contributed by atoms with E-state index in [-0.39, 0.29) is 18.2 Å². The third-order valence-corrected chi connectivity index (χ3v) is 5.51. The number of carbonyl (C=O) groups is 2. The van der Waals surface area contributed by atoms with Gasteiger partial charge in [-0.05, 0) is 48.0 Å². The maximum Gasteiger partial charge on any atom is 0.246 e. The molecule has 138 valence electrons. The van der Waals surface area contributed by atoms with E-state index in [1.807, 2.05) is 19.9 Å². The van der Waals surface area contributed by atoms with E-state index >= 15 is 0 Å². The predicted molar refractivity (Wildman–Crippen MR) is 109 cm³/mol.